The third-order valence-corrected chi connectivity index (χ3v) is 6.14. The van der Waals surface area contributed by atoms with E-state index in [9.17, 15) is 4.79 Å². The monoisotopic (exact) mass is 396 g/mol. The minimum atomic E-state index is -0.484. The third kappa shape index (κ3) is 4.54. The molecule has 1 atom stereocenters. The molecule has 1 spiro atoms. The summed E-state index contributed by atoms with van der Waals surface area (Å²) in [6, 6.07) is 9.99. The van der Waals surface area contributed by atoms with Crippen molar-refractivity contribution < 1.29 is 9.53 Å². The van der Waals surface area contributed by atoms with Crippen LogP contribution in [0.3, 0.4) is 0 Å². The van der Waals surface area contributed by atoms with Gasteiger partial charge in [0.05, 0.1) is 6.54 Å². The molecule has 156 valence electrons. The lowest BCUT2D eigenvalue weighted by atomic mass is 9.88. The lowest BCUT2D eigenvalue weighted by Crippen LogP contribution is -2.54. The molecule has 0 aliphatic carbocycles. The van der Waals surface area contributed by atoms with E-state index in [1.54, 1.807) is 0 Å². The first-order valence-electron chi connectivity index (χ1n) is 10.8. The molecule has 1 saturated heterocycles. The molecule has 1 aromatic heterocycles. The van der Waals surface area contributed by atoms with Crippen molar-refractivity contribution in [3.63, 3.8) is 0 Å². The summed E-state index contributed by atoms with van der Waals surface area (Å²) in [5, 5.41) is 3.05. The number of amides is 1. The molecule has 1 unspecified atom stereocenters. The second kappa shape index (κ2) is 8.67. The Morgan fingerprint density at radius 3 is 2.76 bits per heavy atom. The Morgan fingerprint density at radius 1 is 1.28 bits per heavy atom. The van der Waals surface area contributed by atoms with Gasteiger partial charge in [-0.15, -0.1) is 0 Å². The van der Waals surface area contributed by atoms with Crippen LogP contribution in [0.15, 0.2) is 42.7 Å². The van der Waals surface area contributed by atoms with Crippen LogP contribution in [0.25, 0.3) is 0 Å². The smallest absolute Gasteiger partial charge is 0.251 e. The Balaban J connectivity index is 1.42. The minimum absolute atomic E-state index is 0.0465. The average Bonchev–Trinajstić information content (AvgIpc) is 3.22. The van der Waals surface area contributed by atoms with Gasteiger partial charge in [0.15, 0.2) is 6.10 Å². The maximum absolute atomic E-state index is 12.9. The highest BCUT2D eigenvalue weighted by Crippen LogP contribution is 2.40. The number of ether oxygens (including phenoxy) is 1. The summed E-state index contributed by atoms with van der Waals surface area (Å²) in [6.45, 7) is 8.68. The lowest BCUT2D eigenvalue weighted by molar-refractivity contribution is -0.173. The Morgan fingerprint density at radius 2 is 2.03 bits per heavy atom. The van der Waals surface area contributed by atoms with E-state index in [1.165, 1.54) is 6.42 Å². The third-order valence-electron chi connectivity index (χ3n) is 6.14. The normalized spacial score (nSPS) is 21.3. The molecule has 6 nitrogen and oxygen atoms in total. The second-order valence-corrected chi connectivity index (χ2v) is 8.73. The van der Waals surface area contributed by atoms with Crippen molar-refractivity contribution >= 4 is 5.91 Å². The molecule has 6 heteroatoms. The van der Waals surface area contributed by atoms with Gasteiger partial charge < -0.3 is 19.5 Å². The number of likely N-dealkylation sites (tertiary alicyclic amines) is 1. The first-order chi connectivity index (χ1) is 14.1. The van der Waals surface area contributed by atoms with Crippen LogP contribution in [0.4, 0.5) is 0 Å². The standard InChI is InChI=1S/C23H32N4O2/c1-18(2)8-12-26-13-9-23(10-14-26)22-24-11-15-27(22)17-20(29-23)21(28)25-16-19-6-4-3-5-7-19/h3-7,11,15,18,20H,8-10,12-14,16-17H2,1-2H3,(H,25,28). The molecular weight excluding hydrogens is 364 g/mol. The maximum Gasteiger partial charge on any atom is 0.251 e. The molecule has 2 aliphatic heterocycles. The number of piperidine rings is 1. The molecule has 1 fully saturated rings. The molecule has 2 aliphatic rings. The Hall–Kier alpha value is -2.18. The van der Waals surface area contributed by atoms with E-state index in [2.05, 4.69) is 33.6 Å². The average molecular weight is 397 g/mol. The van der Waals surface area contributed by atoms with Gasteiger partial charge in [-0.2, -0.15) is 0 Å². The predicted octanol–water partition coefficient (Wildman–Crippen LogP) is 2.94. The highest BCUT2D eigenvalue weighted by Gasteiger charge is 2.46. The highest BCUT2D eigenvalue weighted by molar-refractivity contribution is 5.80. The number of nitrogens with zero attached hydrogens (tertiary/aromatic N) is 3. The zero-order valence-corrected chi connectivity index (χ0v) is 17.5. The number of carbonyl (C=O) groups excluding carboxylic acids is 1. The maximum atomic E-state index is 12.9. The van der Waals surface area contributed by atoms with Crippen LogP contribution in [0.5, 0.6) is 0 Å². The summed E-state index contributed by atoms with van der Waals surface area (Å²) in [5.41, 5.74) is 0.637. The molecule has 29 heavy (non-hydrogen) atoms. The van der Waals surface area contributed by atoms with E-state index >= 15 is 0 Å². The number of imidazole rings is 1. The summed E-state index contributed by atoms with van der Waals surface area (Å²) >= 11 is 0. The summed E-state index contributed by atoms with van der Waals surface area (Å²) in [7, 11) is 0. The quantitative estimate of drug-likeness (QED) is 0.816. The van der Waals surface area contributed by atoms with Crippen molar-refractivity contribution in [3.8, 4) is 0 Å². The fourth-order valence-corrected chi connectivity index (χ4v) is 4.35. The van der Waals surface area contributed by atoms with Crippen LogP contribution in [-0.4, -0.2) is 46.1 Å². The Kier molecular flexibility index (Phi) is 6.01. The summed E-state index contributed by atoms with van der Waals surface area (Å²) in [6.07, 6.45) is 6.29. The largest absolute Gasteiger partial charge is 0.352 e. The molecule has 1 amide bonds. The zero-order valence-electron chi connectivity index (χ0n) is 17.5. The molecule has 0 saturated carbocycles. The highest BCUT2D eigenvalue weighted by atomic mass is 16.5. The second-order valence-electron chi connectivity index (χ2n) is 8.73. The SMILES string of the molecule is CC(C)CCN1CCC2(CC1)OC(C(=O)NCc1ccccc1)Cn1ccnc12. The number of aromatic nitrogens is 2. The number of benzene rings is 1. The summed E-state index contributed by atoms with van der Waals surface area (Å²) in [5.74, 6) is 1.65. The van der Waals surface area contributed by atoms with Crippen molar-refractivity contribution in [3.05, 3.63) is 54.1 Å². The van der Waals surface area contributed by atoms with Crippen LogP contribution < -0.4 is 5.32 Å². The first-order valence-corrected chi connectivity index (χ1v) is 10.8. The fraction of sp³-hybridized carbons (Fsp3) is 0.565. The fourth-order valence-electron chi connectivity index (χ4n) is 4.35. The predicted molar refractivity (Wildman–Crippen MR) is 112 cm³/mol. The molecule has 2 aromatic rings. The van der Waals surface area contributed by atoms with Crippen molar-refractivity contribution in [2.45, 2.75) is 57.9 Å². The van der Waals surface area contributed by atoms with Crippen LogP contribution in [-0.2, 0) is 28.2 Å². The summed E-state index contributed by atoms with van der Waals surface area (Å²) in [4.78, 5) is 20.0. The van der Waals surface area contributed by atoms with Crippen LogP contribution in [0.2, 0.25) is 0 Å². The van der Waals surface area contributed by atoms with Gasteiger partial charge in [0, 0.05) is 32.0 Å². The topological polar surface area (TPSA) is 59.4 Å². The summed E-state index contributed by atoms with van der Waals surface area (Å²) < 4.78 is 8.61. The van der Waals surface area contributed by atoms with E-state index in [0.29, 0.717) is 19.0 Å². The molecule has 4 rings (SSSR count). The van der Waals surface area contributed by atoms with Gasteiger partial charge in [0.2, 0.25) is 0 Å². The zero-order chi connectivity index (χ0) is 20.3. The molecule has 0 bridgehead atoms. The van der Waals surface area contributed by atoms with Crippen molar-refractivity contribution in [2.75, 3.05) is 19.6 Å². The molecule has 1 N–H and O–H groups in total. The van der Waals surface area contributed by atoms with E-state index < -0.39 is 11.7 Å². The molecule has 1 aromatic carbocycles. The van der Waals surface area contributed by atoms with Gasteiger partial charge in [0.1, 0.15) is 11.4 Å². The Labute approximate surface area is 173 Å². The van der Waals surface area contributed by atoms with Crippen molar-refractivity contribution in [1.29, 1.82) is 0 Å². The lowest BCUT2D eigenvalue weighted by Gasteiger charge is -2.45. The van der Waals surface area contributed by atoms with E-state index in [-0.39, 0.29) is 5.91 Å². The Bertz CT molecular complexity index is 809. The number of hydrogen-bond acceptors (Lipinski definition) is 4. The van der Waals surface area contributed by atoms with Gasteiger partial charge >= 0.3 is 0 Å². The number of carbonyl (C=O) groups is 1. The number of hydrogen-bond donors (Lipinski definition) is 1. The van der Waals surface area contributed by atoms with Crippen molar-refractivity contribution in [1.82, 2.24) is 19.8 Å². The molecule has 3 heterocycles. The number of nitrogens with one attached hydrogen (secondary N) is 1. The van der Waals surface area contributed by atoms with Crippen LogP contribution in [0.1, 0.15) is 44.5 Å². The minimum Gasteiger partial charge on any atom is -0.352 e. The van der Waals surface area contributed by atoms with Crippen molar-refractivity contribution in [2.24, 2.45) is 5.92 Å². The first kappa shape index (κ1) is 20.1. The van der Waals surface area contributed by atoms with Gasteiger partial charge in [-0.25, -0.2) is 4.98 Å². The van der Waals surface area contributed by atoms with Gasteiger partial charge in [-0.05, 0) is 37.3 Å². The number of rotatable bonds is 6. The molecule has 0 radical (unpaired) electrons. The van der Waals surface area contributed by atoms with E-state index in [4.69, 9.17) is 4.74 Å². The van der Waals surface area contributed by atoms with Gasteiger partial charge in [-0.1, -0.05) is 44.2 Å². The van der Waals surface area contributed by atoms with E-state index in [0.717, 1.165) is 43.9 Å². The van der Waals surface area contributed by atoms with Gasteiger partial charge in [-0.3, -0.25) is 4.79 Å². The molecular formula is C23H32N4O2. The van der Waals surface area contributed by atoms with Crippen LogP contribution >= 0.6 is 0 Å². The van der Waals surface area contributed by atoms with E-state index in [1.807, 2.05) is 42.7 Å². The van der Waals surface area contributed by atoms with Crippen LogP contribution in [0, 0.1) is 5.92 Å². The van der Waals surface area contributed by atoms with Gasteiger partial charge in [0.25, 0.3) is 5.91 Å². The number of fused-ring (bicyclic) bond motifs is 2.